The van der Waals surface area contributed by atoms with Gasteiger partial charge in [-0.3, -0.25) is 4.79 Å². The van der Waals surface area contributed by atoms with E-state index in [1.807, 2.05) is 36.1 Å². The highest BCUT2D eigenvalue weighted by Gasteiger charge is 2.32. The molecule has 2 aromatic carbocycles. The number of piperidine rings is 2. The highest BCUT2D eigenvalue weighted by Crippen LogP contribution is 2.27. The smallest absolute Gasteiger partial charge is 0.226 e. The lowest BCUT2D eigenvalue weighted by Crippen LogP contribution is -2.47. The van der Waals surface area contributed by atoms with Crippen LogP contribution < -0.4 is 9.64 Å². The van der Waals surface area contributed by atoms with E-state index in [2.05, 4.69) is 4.90 Å². The second kappa shape index (κ2) is 9.95. The molecule has 178 valence electrons. The van der Waals surface area contributed by atoms with Crippen LogP contribution in [0, 0.1) is 24.6 Å². The van der Waals surface area contributed by atoms with Gasteiger partial charge in [-0.15, -0.1) is 0 Å². The second-order valence-electron chi connectivity index (χ2n) is 9.42. The number of benzene rings is 2. The summed E-state index contributed by atoms with van der Waals surface area (Å²) in [6.45, 7) is 5.49. The fraction of sp³-hybridized carbons (Fsp3) is 0.444. The highest BCUT2D eigenvalue weighted by molar-refractivity contribution is 5.82. The van der Waals surface area contributed by atoms with Crippen LogP contribution in [0.1, 0.15) is 31.4 Å². The fourth-order valence-electron chi connectivity index (χ4n) is 5.12. The van der Waals surface area contributed by atoms with Crippen LogP contribution in [0.5, 0.6) is 5.75 Å². The number of fused-ring (bicyclic) bond motifs is 1. The van der Waals surface area contributed by atoms with Crippen LogP contribution in [-0.2, 0) is 4.79 Å². The maximum Gasteiger partial charge on any atom is 0.226 e. The first-order valence-electron chi connectivity index (χ1n) is 12.2. The number of aryl methyl sites for hydroxylation is 1. The Kier molecular flexibility index (Phi) is 6.61. The van der Waals surface area contributed by atoms with Gasteiger partial charge in [0.15, 0.2) is 11.6 Å². The summed E-state index contributed by atoms with van der Waals surface area (Å²) in [5, 5.41) is 1.08. The van der Waals surface area contributed by atoms with Crippen molar-refractivity contribution in [3.8, 4) is 5.75 Å². The highest BCUT2D eigenvalue weighted by atomic mass is 19.1. The Hall–Kier alpha value is -3.22. The standard InChI is InChI=1S/C27H31FN4O2/c1-19-22-8-2-4-10-24(22)30-27(29-19)31-15-12-21(13-16-31)26(33)32-14-6-7-20(17-32)18-34-25-11-5-3-9-23(25)28/h2-5,8-11,20-21H,6-7,12-18H2,1H3/t20-/m1/s1. The minimum atomic E-state index is -0.344. The lowest BCUT2D eigenvalue weighted by atomic mass is 9.92. The molecular weight excluding hydrogens is 431 g/mol. The van der Waals surface area contributed by atoms with Crippen molar-refractivity contribution < 1.29 is 13.9 Å². The zero-order valence-electron chi connectivity index (χ0n) is 19.6. The summed E-state index contributed by atoms with van der Waals surface area (Å²) in [5.41, 5.74) is 1.94. The molecule has 2 aliphatic rings. The number of hydrogen-bond donors (Lipinski definition) is 0. The Labute approximate surface area is 199 Å². The summed E-state index contributed by atoms with van der Waals surface area (Å²) < 4.78 is 19.6. The Morgan fingerprint density at radius 2 is 1.79 bits per heavy atom. The maximum absolute atomic E-state index is 13.8. The summed E-state index contributed by atoms with van der Waals surface area (Å²) in [7, 11) is 0. The van der Waals surface area contributed by atoms with Gasteiger partial charge in [0.2, 0.25) is 11.9 Å². The summed E-state index contributed by atoms with van der Waals surface area (Å²) in [4.78, 5) is 27.0. The van der Waals surface area contributed by atoms with Crippen LogP contribution in [-0.4, -0.2) is 53.6 Å². The summed E-state index contributed by atoms with van der Waals surface area (Å²) >= 11 is 0. The van der Waals surface area contributed by atoms with Crippen molar-refractivity contribution in [1.82, 2.24) is 14.9 Å². The van der Waals surface area contributed by atoms with Crippen molar-refractivity contribution in [2.45, 2.75) is 32.6 Å². The monoisotopic (exact) mass is 462 g/mol. The number of anilines is 1. The van der Waals surface area contributed by atoms with Crippen LogP contribution in [0.15, 0.2) is 48.5 Å². The first kappa shape index (κ1) is 22.6. The summed E-state index contributed by atoms with van der Waals surface area (Å²) in [6, 6.07) is 14.5. The normalized spacial score (nSPS) is 19.4. The van der Waals surface area contributed by atoms with E-state index in [0.717, 1.165) is 67.9 Å². The van der Waals surface area contributed by atoms with E-state index in [1.54, 1.807) is 18.2 Å². The van der Waals surface area contributed by atoms with E-state index in [1.165, 1.54) is 6.07 Å². The zero-order chi connectivity index (χ0) is 23.5. The van der Waals surface area contributed by atoms with Gasteiger partial charge < -0.3 is 14.5 Å². The lowest BCUT2D eigenvalue weighted by molar-refractivity contribution is -0.138. The van der Waals surface area contributed by atoms with Crippen molar-refractivity contribution in [3.63, 3.8) is 0 Å². The molecular formula is C27H31FN4O2. The van der Waals surface area contributed by atoms with Crippen LogP contribution >= 0.6 is 0 Å². The first-order chi connectivity index (χ1) is 16.6. The third-order valence-electron chi connectivity index (χ3n) is 7.05. The average molecular weight is 463 g/mol. The number of halogens is 1. The van der Waals surface area contributed by atoms with Gasteiger partial charge in [0.1, 0.15) is 0 Å². The molecule has 2 aliphatic heterocycles. The minimum Gasteiger partial charge on any atom is -0.490 e. The SMILES string of the molecule is Cc1nc(N2CCC(C(=O)N3CCC[C@@H](COc4ccccc4F)C3)CC2)nc2ccccc12. The van der Waals surface area contributed by atoms with Crippen LogP contribution in [0.25, 0.3) is 10.9 Å². The third kappa shape index (κ3) is 4.83. The van der Waals surface area contributed by atoms with Gasteiger partial charge in [-0.2, -0.15) is 0 Å². The third-order valence-corrected chi connectivity index (χ3v) is 7.05. The number of aromatic nitrogens is 2. The molecule has 5 rings (SSSR count). The average Bonchev–Trinajstić information content (AvgIpc) is 2.88. The Balaban J connectivity index is 1.16. The van der Waals surface area contributed by atoms with Crippen LogP contribution in [0.3, 0.4) is 0 Å². The predicted molar refractivity (Wildman–Crippen MR) is 130 cm³/mol. The number of amides is 1. The first-order valence-corrected chi connectivity index (χ1v) is 12.2. The van der Waals surface area contributed by atoms with Crippen LogP contribution in [0.2, 0.25) is 0 Å². The van der Waals surface area contributed by atoms with E-state index in [0.29, 0.717) is 13.2 Å². The number of likely N-dealkylation sites (tertiary alicyclic amines) is 1. The van der Waals surface area contributed by atoms with Crippen molar-refractivity contribution >= 4 is 22.8 Å². The lowest BCUT2D eigenvalue weighted by Gasteiger charge is -2.37. The molecule has 2 saturated heterocycles. The van der Waals surface area contributed by atoms with Gasteiger partial charge in [0.05, 0.1) is 17.8 Å². The molecule has 1 aromatic heterocycles. The quantitative estimate of drug-likeness (QED) is 0.554. The number of nitrogens with zero attached hydrogens (tertiary/aromatic N) is 4. The number of hydrogen-bond acceptors (Lipinski definition) is 5. The summed E-state index contributed by atoms with van der Waals surface area (Å²) in [6.07, 6.45) is 3.57. The number of carbonyl (C=O) groups is 1. The van der Waals surface area contributed by atoms with Gasteiger partial charge in [0.25, 0.3) is 0 Å². The summed E-state index contributed by atoms with van der Waals surface area (Å²) in [5.74, 6) is 1.19. The molecule has 3 aromatic rings. The maximum atomic E-state index is 13.8. The van der Waals surface area contributed by atoms with E-state index < -0.39 is 0 Å². The molecule has 1 atom stereocenters. The molecule has 7 heteroatoms. The Bertz CT molecular complexity index is 1160. The van der Waals surface area contributed by atoms with Gasteiger partial charge in [-0.1, -0.05) is 30.3 Å². The van der Waals surface area contributed by atoms with Gasteiger partial charge >= 0.3 is 0 Å². The zero-order valence-corrected chi connectivity index (χ0v) is 19.6. The molecule has 0 unspecified atom stereocenters. The number of para-hydroxylation sites is 2. The number of carbonyl (C=O) groups excluding carboxylic acids is 1. The van der Waals surface area contributed by atoms with E-state index in [-0.39, 0.29) is 29.3 Å². The number of ether oxygens (including phenoxy) is 1. The van der Waals surface area contributed by atoms with E-state index in [9.17, 15) is 9.18 Å². The number of rotatable bonds is 5. The van der Waals surface area contributed by atoms with E-state index in [4.69, 9.17) is 14.7 Å². The van der Waals surface area contributed by atoms with Crippen LogP contribution in [0.4, 0.5) is 10.3 Å². The second-order valence-corrected chi connectivity index (χ2v) is 9.42. The minimum absolute atomic E-state index is 0.0315. The molecule has 0 saturated carbocycles. The Morgan fingerprint density at radius 3 is 2.62 bits per heavy atom. The fourth-order valence-corrected chi connectivity index (χ4v) is 5.12. The molecule has 0 aliphatic carbocycles. The largest absolute Gasteiger partial charge is 0.490 e. The molecule has 6 nitrogen and oxygen atoms in total. The predicted octanol–water partition coefficient (Wildman–Crippen LogP) is 4.61. The van der Waals surface area contributed by atoms with E-state index >= 15 is 0 Å². The van der Waals surface area contributed by atoms with Crippen molar-refractivity contribution in [1.29, 1.82) is 0 Å². The Morgan fingerprint density at radius 1 is 1.03 bits per heavy atom. The molecule has 0 bridgehead atoms. The molecule has 2 fully saturated rings. The van der Waals surface area contributed by atoms with Crippen molar-refractivity contribution in [3.05, 3.63) is 60.0 Å². The van der Waals surface area contributed by atoms with Crippen molar-refractivity contribution in [2.24, 2.45) is 11.8 Å². The van der Waals surface area contributed by atoms with Gasteiger partial charge in [-0.25, -0.2) is 14.4 Å². The van der Waals surface area contributed by atoms with Crippen molar-refractivity contribution in [2.75, 3.05) is 37.7 Å². The molecule has 3 heterocycles. The molecule has 1 amide bonds. The molecule has 0 N–H and O–H groups in total. The molecule has 0 spiro atoms. The van der Waals surface area contributed by atoms with Gasteiger partial charge in [0, 0.05) is 43.4 Å². The molecule has 34 heavy (non-hydrogen) atoms. The van der Waals surface area contributed by atoms with Gasteiger partial charge in [-0.05, 0) is 50.8 Å². The molecule has 0 radical (unpaired) electrons. The topological polar surface area (TPSA) is 58.6 Å².